The van der Waals surface area contributed by atoms with Crippen molar-refractivity contribution < 1.29 is 19.2 Å². The second-order valence-electron chi connectivity index (χ2n) is 7.38. The van der Waals surface area contributed by atoms with Gasteiger partial charge in [-0.3, -0.25) is 29.4 Å². The van der Waals surface area contributed by atoms with E-state index in [0.717, 1.165) is 22.6 Å². The van der Waals surface area contributed by atoms with Crippen LogP contribution in [0, 0.1) is 0 Å². The Hall–Kier alpha value is -3.52. The number of piperidine rings is 1. The summed E-state index contributed by atoms with van der Waals surface area (Å²) in [4.78, 5) is 50.6. The van der Waals surface area contributed by atoms with Crippen LogP contribution in [0.2, 0.25) is 0 Å². The lowest BCUT2D eigenvalue weighted by molar-refractivity contribution is -0.136. The van der Waals surface area contributed by atoms with E-state index in [1.165, 1.54) is 0 Å². The predicted octanol–water partition coefficient (Wildman–Crippen LogP) is 1.20. The number of benzene rings is 2. The number of nitrogens with one attached hydrogen (secondary N) is 2. The first-order chi connectivity index (χ1) is 14.5. The van der Waals surface area contributed by atoms with Crippen LogP contribution in [-0.2, 0) is 22.6 Å². The number of carbonyl (C=O) groups excluding carboxylic acids is 4. The zero-order valence-corrected chi connectivity index (χ0v) is 16.3. The van der Waals surface area contributed by atoms with Crippen molar-refractivity contribution >= 4 is 29.3 Å². The molecule has 154 valence electrons. The SMILES string of the molecule is NCCc1ccc(NCc2cccc3c2C(=O)N(C2CCC(=O)NC2=O)C3=O)cc1. The molecule has 1 saturated heterocycles. The van der Waals surface area contributed by atoms with Gasteiger partial charge in [0.25, 0.3) is 11.8 Å². The number of amides is 4. The van der Waals surface area contributed by atoms with Gasteiger partial charge in [0.05, 0.1) is 11.1 Å². The van der Waals surface area contributed by atoms with Crippen LogP contribution < -0.4 is 16.4 Å². The van der Waals surface area contributed by atoms with Gasteiger partial charge in [0, 0.05) is 18.7 Å². The molecule has 2 aromatic rings. The maximum absolute atomic E-state index is 13.1. The van der Waals surface area contributed by atoms with E-state index < -0.39 is 29.7 Å². The molecule has 1 fully saturated rings. The van der Waals surface area contributed by atoms with Crippen LogP contribution in [0.5, 0.6) is 0 Å². The fourth-order valence-electron chi connectivity index (χ4n) is 3.89. The molecule has 8 heteroatoms. The largest absolute Gasteiger partial charge is 0.381 e. The molecule has 8 nitrogen and oxygen atoms in total. The summed E-state index contributed by atoms with van der Waals surface area (Å²) >= 11 is 0. The molecular weight excluding hydrogens is 384 g/mol. The van der Waals surface area contributed by atoms with Crippen molar-refractivity contribution in [1.29, 1.82) is 0 Å². The molecule has 2 aliphatic rings. The summed E-state index contributed by atoms with van der Waals surface area (Å²) in [7, 11) is 0. The Balaban J connectivity index is 1.54. The number of imide groups is 2. The van der Waals surface area contributed by atoms with E-state index in [0.29, 0.717) is 24.2 Å². The fourth-order valence-corrected chi connectivity index (χ4v) is 3.89. The van der Waals surface area contributed by atoms with Crippen molar-refractivity contribution in [1.82, 2.24) is 10.2 Å². The molecule has 1 atom stereocenters. The summed E-state index contributed by atoms with van der Waals surface area (Å²) in [5, 5.41) is 5.47. The Bertz CT molecular complexity index is 1030. The molecule has 0 saturated carbocycles. The van der Waals surface area contributed by atoms with Crippen LogP contribution >= 0.6 is 0 Å². The molecule has 0 radical (unpaired) electrons. The van der Waals surface area contributed by atoms with Crippen LogP contribution in [0.1, 0.15) is 44.7 Å². The Labute approximate surface area is 173 Å². The molecule has 0 spiro atoms. The van der Waals surface area contributed by atoms with Crippen molar-refractivity contribution in [3.63, 3.8) is 0 Å². The molecule has 1 unspecified atom stereocenters. The van der Waals surface area contributed by atoms with E-state index in [2.05, 4.69) is 10.6 Å². The third-order valence-corrected chi connectivity index (χ3v) is 5.42. The van der Waals surface area contributed by atoms with Crippen LogP contribution in [0.25, 0.3) is 0 Å². The molecular formula is C22H22N4O4. The average molecular weight is 406 g/mol. The Morgan fingerprint density at radius 3 is 2.50 bits per heavy atom. The molecule has 0 bridgehead atoms. The van der Waals surface area contributed by atoms with E-state index >= 15 is 0 Å². The summed E-state index contributed by atoms with van der Waals surface area (Å²) in [5.41, 5.74) is 8.85. The maximum atomic E-state index is 13.1. The maximum Gasteiger partial charge on any atom is 0.262 e. The van der Waals surface area contributed by atoms with E-state index in [9.17, 15) is 19.2 Å². The van der Waals surface area contributed by atoms with E-state index in [4.69, 9.17) is 5.73 Å². The summed E-state index contributed by atoms with van der Waals surface area (Å²) in [6.07, 6.45) is 1.04. The zero-order valence-electron chi connectivity index (χ0n) is 16.3. The highest BCUT2D eigenvalue weighted by Crippen LogP contribution is 2.30. The van der Waals surface area contributed by atoms with Gasteiger partial charge < -0.3 is 11.1 Å². The fraction of sp³-hybridized carbons (Fsp3) is 0.273. The highest BCUT2D eigenvalue weighted by atomic mass is 16.2. The highest BCUT2D eigenvalue weighted by Gasteiger charge is 2.45. The van der Waals surface area contributed by atoms with Crippen molar-refractivity contribution in [2.24, 2.45) is 5.73 Å². The monoisotopic (exact) mass is 406 g/mol. The first-order valence-electron chi connectivity index (χ1n) is 9.86. The third kappa shape index (κ3) is 3.57. The number of rotatable bonds is 6. The first-order valence-corrected chi connectivity index (χ1v) is 9.86. The number of hydrogen-bond donors (Lipinski definition) is 3. The van der Waals surface area contributed by atoms with Gasteiger partial charge in [-0.1, -0.05) is 24.3 Å². The summed E-state index contributed by atoms with van der Waals surface area (Å²) in [5.74, 6) is -2.01. The molecule has 4 amide bonds. The van der Waals surface area contributed by atoms with Crippen molar-refractivity contribution in [2.75, 3.05) is 11.9 Å². The van der Waals surface area contributed by atoms with Gasteiger partial charge >= 0.3 is 0 Å². The number of carbonyl (C=O) groups is 4. The van der Waals surface area contributed by atoms with Gasteiger partial charge in [-0.15, -0.1) is 0 Å². The van der Waals surface area contributed by atoms with Crippen LogP contribution in [-0.4, -0.2) is 41.1 Å². The zero-order chi connectivity index (χ0) is 21.3. The van der Waals surface area contributed by atoms with E-state index in [-0.39, 0.29) is 18.4 Å². The number of anilines is 1. The van der Waals surface area contributed by atoms with Crippen LogP contribution in [0.4, 0.5) is 5.69 Å². The summed E-state index contributed by atoms with van der Waals surface area (Å²) < 4.78 is 0. The van der Waals surface area contributed by atoms with Crippen LogP contribution in [0.3, 0.4) is 0 Å². The molecule has 4 rings (SSSR count). The smallest absolute Gasteiger partial charge is 0.262 e. The Kier molecular flexibility index (Phi) is 5.33. The predicted molar refractivity (Wildman–Crippen MR) is 110 cm³/mol. The van der Waals surface area contributed by atoms with Gasteiger partial charge in [0.2, 0.25) is 11.8 Å². The number of fused-ring (bicyclic) bond motifs is 1. The lowest BCUT2D eigenvalue weighted by atomic mass is 10.0. The van der Waals surface area contributed by atoms with E-state index in [1.54, 1.807) is 18.2 Å². The van der Waals surface area contributed by atoms with Gasteiger partial charge in [0.15, 0.2) is 0 Å². The molecule has 0 aromatic heterocycles. The van der Waals surface area contributed by atoms with Crippen molar-refractivity contribution in [2.45, 2.75) is 31.8 Å². The standard InChI is InChI=1S/C22H22N4O4/c23-11-10-13-4-6-15(7-5-13)24-12-14-2-1-3-16-19(14)22(30)26(21(16)29)17-8-9-18(27)25-20(17)28/h1-7,17,24H,8-12,23H2,(H,25,27,28). The van der Waals surface area contributed by atoms with Crippen molar-refractivity contribution in [3.05, 3.63) is 64.7 Å². The summed E-state index contributed by atoms with van der Waals surface area (Å²) in [6, 6.07) is 12.0. The van der Waals surface area contributed by atoms with Gasteiger partial charge in [-0.05, 0) is 48.7 Å². The molecule has 2 aromatic carbocycles. The molecule has 30 heavy (non-hydrogen) atoms. The van der Waals surface area contributed by atoms with Crippen molar-refractivity contribution in [3.8, 4) is 0 Å². The van der Waals surface area contributed by atoms with Crippen LogP contribution in [0.15, 0.2) is 42.5 Å². The lowest BCUT2D eigenvalue weighted by Gasteiger charge is -2.27. The number of nitrogens with two attached hydrogens (primary N) is 1. The first kappa shape index (κ1) is 19.8. The molecule has 0 aliphatic carbocycles. The van der Waals surface area contributed by atoms with Gasteiger partial charge in [-0.25, -0.2) is 0 Å². The third-order valence-electron chi connectivity index (χ3n) is 5.42. The average Bonchev–Trinajstić information content (AvgIpc) is 2.99. The molecule has 2 aliphatic heterocycles. The van der Waals surface area contributed by atoms with Gasteiger partial charge in [-0.2, -0.15) is 0 Å². The quantitative estimate of drug-likeness (QED) is 0.620. The normalized spacial score (nSPS) is 18.4. The minimum Gasteiger partial charge on any atom is -0.381 e. The second kappa shape index (κ2) is 8.08. The second-order valence-corrected chi connectivity index (χ2v) is 7.38. The molecule has 4 N–H and O–H groups in total. The van der Waals surface area contributed by atoms with E-state index in [1.807, 2.05) is 24.3 Å². The summed E-state index contributed by atoms with van der Waals surface area (Å²) in [6.45, 7) is 0.935. The lowest BCUT2D eigenvalue weighted by Crippen LogP contribution is -2.54. The minimum absolute atomic E-state index is 0.0956. The minimum atomic E-state index is -0.967. The van der Waals surface area contributed by atoms with Gasteiger partial charge in [0.1, 0.15) is 6.04 Å². The number of nitrogens with zero attached hydrogens (tertiary/aromatic N) is 1. The highest BCUT2D eigenvalue weighted by molar-refractivity contribution is 6.24. The Morgan fingerprint density at radius 2 is 1.80 bits per heavy atom. The number of hydrogen-bond acceptors (Lipinski definition) is 6. The molecule has 2 heterocycles. The topological polar surface area (TPSA) is 122 Å². The Morgan fingerprint density at radius 1 is 1.03 bits per heavy atom.